The van der Waals surface area contributed by atoms with Crippen molar-refractivity contribution in [2.24, 2.45) is 7.05 Å². The molecule has 0 aliphatic carbocycles. The van der Waals surface area contributed by atoms with Gasteiger partial charge in [-0.05, 0) is 42.0 Å². The molecule has 1 N–H and O–H groups in total. The van der Waals surface area contributed by atoms with E-state index in [-0.39, 0.29) is 5.75 Å². The van der Waals surface area contributed by atoms with Gasteiger partial charge < -0.3 is 5.11 Å². The van der Waals surface area contributed by atoms with Crippen LogP contribution in [0.3, 0.4) is 0 Å². The highest BCUT2D eigenvalue weighted by Gasteiger charge is 2.21. The summed E-state index contributed by atoms with van der Waals surface area (Å²) in [5.41, 5.74) is 5.80. The number of aromatic nitrogens is 2. The van der Waals surface area contributed by atoms with E-state index in [0.717, 1.165) is 5.56 Å². The Morgan fingerprint density at radius 2 is 1.52 bits per heavy atom. The normalized spacial score (nSPS) is 12.3. The van der Waals surface area contributed by atoms with Gasteiger partial charge >= 0.3 is 0 Å². The van der Waals surface area contributed by atoms with Gasteiger partial charge in [0.2, 0.25) is 5.69 Å². The summed E-state index contributed by atoms with van der Waals surface area (Å²) >= 11 is 0. The molecule has 0 amide bonds. The summed E-state index contributed by atoms with van der Waals surface area (Å²) in [6.45, 7) is 0. The van der Waals surface area contributed by atoms with Crippen molar-refractivity contribution in [3.8, 4) is 17.0 Å². The van der Waals surface area contributed by atoms with Gasteiger partial charge in [-0.2, -0.15) is 0 Å². The molecule has 2 heterocycles. The van der Waals surface area contributed by atoms with E-state index in [2.05, 4.69) is 76.9 Å². The van der Waals surface area contributed by atoms with Crippen LogP contribution in [-0.4, -0.2) is 9.62 Å². The molecule has 0 radical (unpaired) electrons. The molecule has 0 spiro atoms. The van der Waals surface area contributed by atoms with E-state index in [0.29, 0.717) is 0 Å². The number of phenols is 1. The number of rotatable bonds is 2. The van der Waals surface area contributed by atoms with E-state index in [4.69, 9.17) is 0 Å². The second-order valence-corrected chi connectivity index (χ2v) is 6.78. The molecule has 5 aromatic rings. The Balaban J connectivity index is 1.87. The first-order valence-electron chi connectivity index (χ1n) is 9.01. The van der Waals surface area contributed by atoms with Gasteiger partial charge in [0.15, 0.2) is 7.05 Å². The van der Waals surface area contributed by atoms with Crippen LogP contribution in [0.4, 0.5) is 0 Å². The molecular formula is C24H19N2O+. The summed E-state index contributed by atoms with van der Waals surface area (Å²) in [5, 5.41) is 12.0. The number of benzene rings is 3. The first-order chi connectivity index (χ1) is 13.2. The van der Waals surface area contributed by atoms with E-state index in [9.17, 15) is 5.11 Å². The van der Waals surface area contributed by atoms with Gasteiger partial charge in [-0.15, -0.1) is 9.20 Å². The maximum atomic E-state index is 9.57. The Bertz CT molecular complexity index is 1320. The molecule has 0 aliphatic heterocycles. The van der Waals surface area contributed by atoms with Crippen LogP contribution in [0.15, 0.2) is 84.9 Å². The number of fused-ring (bicyclic) bond motifs is 3. The second kappa shape index (κ2) is 5.99. The lowest BCUT2D eigenvalue weighted by Crippen LogP contribution is -2.36. The molecule has 0 unspecified atom stereocenters. The average Bonchev–Trinajstić information content (AvgIpc) is 3.20. The number of phenolic OH excluding ortho intramolecular Hbond substituents is 1. The Labute approximate surface area is 157 Å². The fourth-order valence-corrected chi connectivity index (χ4v) is 3.83. The van der Waals surface area contributed by atoms with Crippen LogP contribution in [-0.2, 0) is 7.05 Å². The van der Waals surface area contributed by atoms with Crippen LogP contribution in [0.25, 0.3) is 33.8 Å². The highest BCUT2D eigenvalue weighted by Crippen LogP contribution is 2.21. The highest BCUT2D eigenvalue weighted by molar-refractivity contribution is 5.90. The SMILES string of the molecule is C[n+]1c(-c2ccccc2)cc2/c(=C\c3ccc(O)cc3)c3ccccc3n21. The summed E-state index contributed by atoms with van der Waals surface area (Å²) in [4.78, 5) is 0. The van der Waals surface area contributed by atoms with Gasteiger partial charge in [0, 0.05) is 22.2 Å². The lowest BCUT2D eigenvalue weighted by molar-refractivity contribution is -0.725. The molecule has 0 saturated heterocycles. The molecular weight excluding hydrogens is 332 g/mol. The summed E-state index contributed by atoms with van der Waals surface area (Å²) in [6, 6.07) is 28.5. The number of aryl methyl sites for hydroxylation is 1. The van der Waals surface area contributed by atoms with Crippen molar-refractivity contribution in [3.05, 3.63) is 95.7 Å². The molecule has 2 aromatic heterocycles. The predicted molar refractivity (Wildman–Crippen MR) is 108 cm³/mol. The maximum Gasteiger partial charge on any atom is 0.239 e. The van der Waals surface area contributed by atoms with Crippen molar-refractivity contribution in [1.82, 2.24) is 4.52 Å². The minimum atomic E-state index is 0.283. The van der Waals surface area contributed by atoms with Crippen LogP contribution in [0, 0.1) is 0 Å². The summed E-state index contributed by atoms with van der Waals surface area (Å²) < 4.78 is 4.48. The van der Waals surface area contributed by atoms with Crippen molar-refractivity contribution in [3.63, 3.8) is 0 Å². The van der Waals surface area contributed by atoms with Crippen molar-refractivity contribution in [2.75, 3.05) is 0 Å². The summed E-state index contributed by atoms with van der Waals surface area (Å²) in [6.07, 6.45) is 2.19. The van der Waals surface area contributed by atoms with Crippen molar-refractivity contribution >= 4 is 22.5 Å². The molecule has 0 saturated carbocycles. The number of aromatic hydroxyl groups is 1. The lowest BCUT2D eigenvalue weighted by Gasteiger charge is -1.96. The minimum absolute atomic E-state index is 0.283. The molecule has 3 nitrogen and oxygen atoms in total. The van der Waals surface area contributed by atoms with Gasteiger partial charge in [0.1, 0.15) is 16.8 Å². The maximum absolute atomic E-state index is 9.57. The molecule has 3 heteroatoms. The fourth-order valence-electron chi connectivity index (χ4n) is 3.83. The van der Waals surface area contributed by atoms with E-state index < -0.39 is 0 Å². The molecule has 0 aliphatic rings. The first-order valence-corrected chi connectivity index (χ1v) is 9.01. The second-order valence-electron chi connectivity index (χ2n) is 6.78. The lowest BCUT2D eigenvalue weighted by atomic mass is 10.1. The minimum Gasteiger partial charge on any atom is -0.508 e. The third-order valence-corrected chi connectivity index (χ3v) is 5.12. The number of nitrogens with zero attached hydrogens (tertiary/aromatic N) is 2. The zero-order valence-electron chi connectivity index (χ0n) is 15.0. The van der Waals surface area contributed by atoms with Crippen LogP contribution >= 0.6 is 0 Å². The third-order valence-electron chi connectivity index (χ3n) is 5.12. The quantitative estimate of drug-likeness (QED) is 0.481. The van der Waals surface area contributed by atoms with E-state index >= 15 is 0 Å². The molecule has 0 atom stereocenters. The summed E-state index contributed by atoms with van der Waals surface area (Å²) in [7, 11) is 2.10. The number of para-hydroxylation sites is 1. The molecule has 0 fully saturated rings. The fraction of sp³-hybridized carbons (Fsp3) is 0.0417. The zero-order valence-corrected chi connectivity index (χ0v) is 15.0. The van der Waals surface area contributed by atoms with Crippen LogP contribution in [0.2, 0.25) is 0 Å². The number of hydrogen-bond acceptors (Lipinski definition) is 1. The predicted octanol–water partition coefficient (Wildman–Crippen LogP) is 3.84. The van der Waals surface area contributed by atoms with Crippen LogP contribution in [0.1, 0.15) is 5.56 Å². The molecule has 3 aromatic carbocycles. The molecule has 27 heavy (non-hydrogen) atoms. The van der Waals surface area contributed by atoms with Crippen molar-refractivity contribution in [1.29, 1.82) is 0 Å². The third kappa shape index (κ3) is 2.48. The average molecular weight is 351 g/mol. The topological polar surface area (TPSA) is 28.5 Å². The Hall–Kier alpha value is -3.59. The zero-order chi connectivity index (χ0) is 18.4. The van der Waals surface area contributed by atoms with Crippen molar-refractivity contribution in [2.45, 2.75) is 0 Å². The molecule has 5 rings (SSSR count). The van der Waals surface area contributed by atoms with E-state index in [1.165, 1.54) is 32.9 Å². The van der Waals surface area contributed by atoms with Gasteiger partial charge in [0.05, 0.1) is 0 Å². The Morgan fingerprint density at radius 3 is 2.30 bits per heavy atom. The summed E-state index contributed by atoms with van der Waals surface area (Å²) in [5.74, 6) is 0.283. The molecule has 130 valence electrons. The van der Waals surface area contributed by atoms with Crippen LogP contribution < -0.4 is 9.90 Å². The number of hydrogen-bond donors (Lipinski definition) is 1. The monoisotopic (exact) mass is 351 g/mol. The van der Waals surface area contributed by atoms with E-state index in [1.54, 1.807) is 12.1 Å². The van der Waals surface area contributed by atoms with Gasteiger partial charge in [0.25, 0.3) is 0 Å². The van der Waals surface area contributed by atoms with Gasteiger partial charge in [-0.25, -0.2) is 0 Å². The van der Waals surface area contributed by atoms with Gasteiger partial charge in [-0.3, -0.25) is 0 Å². The highest BCUT2D eigenvalue weighted by atomic mass is 16.3. The smallest absolute Gasteiger partial charge is 0.239 e. The van der Waals surface area contributed by atoms with Crippen molar-refractivity contribution < 1.29 is 9.79 Å². The Kier molecular flexibility index (Phi) is 3.47. The van der Waals surface area contributed by atoms with Crippen LogP contribution in [0.5, 0.6) is 5.75 Å². The van der Waals surface area contributed by atoms with Gasteiger partial charge in [-0.1, -0.05) is 48.5 Å². The first kappa shape index (κ1) is 15.6. The van der Waals surface area contributed by atoms with E-state index in [1.807, 2.05) is 18.2 Å². The molecule has 0 bridgehead atoms. The standard InChI is InChI=1S/C24H18N2O/c1-25-23(18-7-3-2-4-8-18)16-24-21(15-17-11-13-19(27)14-12-17)20-9-5-6-10-22(20)26(24)25/h2-16H,1H3/p+1. The Morgan fingerprint density at radius 1 is 0.815 bits per heavy atom. The largest absolute Gasteiger partial charge is 0.508 e.